The fourth-order valence-corrected chi connectivity index (χ4v) is 5.16. The summed E-state index contributed by atoms with van der Waals surface area (Å²) in [4.78, 5) is 41.9. The van der Waals surface area contributed by atoms with E-state index in [4.69, 9.17) is 0 Å². The highest BCUT2D eigenvalue weighted by atomic mass is 32.1. The number of aliphatic hydroxyl groups excluding tert-OH is 1. The monoisotopic (exact) mass is 363 g/mol. The number of aryl methyl sites for hydroxylation is 2. The largest absolute Gasteiger partial charge is 0.393 e. The highest BCUT2D eigenvalue weighted by Crippen LogP contribution is 2.33. The van der Waals surface area contributed by atoms with Gasteiger partial charge in [0.25, 0.3) is 5.56 Å². The van der Waals surface area contributed by atoms with Gasteiger partial charge in [0.05, 0.1) is 11.5 Å². The second-order valence-corrected chi connectivity index (χ2v) is 8.06. The number of aliphatic hydroxyl groups is 1. The molecule has 0 radical (unpaired) electrons. The smallest absolute Gasteiger partial charge is 0.329 e. The Morgan fingerprint density at radius 1 is 1.24 bits per heavy atom. The van der Waals surface area contributed by atoms with E-state index in [2.05, 4.69) is 10.3 Å². The van der Waals surface area contributed by atoms with E-state index in [1.807, 2.05) is 0 Å². The van der Waals surface area contributed by atoms with E-state index in [-0.39, 0.29) is 30.2 Å². The van der Waals surface area contributed by atoms with Gasteiger partial charge < -0.3 is 10.4 Å². The third-order valence-electron chi connectivity index (χ3n) is 5.21. The minimum Gasteiger partial charge on any atom is -0.393 e. The number of hydrogen-bond acceptors (Lipinski definition) is 5. The Balaban J connectivity index is 1.58. The summed E-state index contributed by atoms with van der Waals surface area (Å²) in [5.74, 6) is -0.333. The molecule has 8 heteroatoms. The molecule has 2 aromatic heterocycles. The fraction of sp³-hybridized carbons (Fsp3) is 0.588. The summed E-state index contributed by atoms with van der Waals surface area (Å²) in [6.07, 6.45) is 5.31. The molecule has 0 aliphatic heterocycles. The summed E-state index contributed by atoms with van der Waals surface area (Å²) < 4.78 is 1.00. The molecule has 0 aromatic carbocycles. The molecule has 1 fully saturated rings. The zero-order chi connectivity index (χ0) is 17.6. The number of hydrogen-bond donors (Lipinski definition) is 3. The molecule has 4 rings (SSSR count). The maximum atomic E-state index is 12.8. The molecule has 1 saturated carbocycles. The highest BCUT2D eigenvalue weighted by Gasteiger charge is 2.24. The number of amides is 1. The van der Waals surface area contributed by atoms with Crippen molar-refractivity contribution in [1.29, 1.82) is 0 Å². The van der Waals surface area contributed by atoms with Crippen LogP contribution in [-0.4, -0.2) is 32.7 Å². The minimum absolute atomic E-state index is 0.000176. The van der Waals surface area contributed by atoms with E-state index in [9.17, 15) is 19.5 Å². The molecule has 2 aliphatic carbocycles. The Hall–Kier alpha value is -1.93. The van der Waals surface area contributed by atoms with E-state index >= 15 is 0 Å². The fourth-order valence-electron chi connectivity index (χ4n) is 3.89. The van der Waals surface area contributed by atoms with Gasteiger partial charge in [-0.15, -0.1) is 11.3 Å². The molecule has 0 atom stereocenters. The first-order valence-corrected chi connectivity index (χ1v) is 9.59. The lowest BCUT2D eigenvalue weighted by atomic mass is 9.93. The number of carbonyl (C=O) groups is 1. The van der Waals surface area contributed by atoms with E-state index in [1.165, 1.54) is 16.2 Å². The van der Waals surface area contributed by atoms with Gasteiger partial charge in [0, 0.05) is 10.9 Å². The molecule has 0 unspecified atom stereocenters. The number of thiophene rings is 1. The van der Waals surface area contributed by atoms with Gasteiger partial charge in [0.2, 0.25) is 5.91 Å². The summed E-state index contributed by atoms with van der Waals surface area (Å²) in [5, 5.41) is 13.0. The van der Waals surface area contributed by atoms with Crippen molar-refractivity contribution in [2.24, 2.45) is 0 Å². The maximum Gasteiger partial charge on any atom is 0.329 e. The number of nitrogens with one attached hydrogen (secondary N) is 2. The minimum atomic E-state index is -0.536. The predicted molar refractivity (Wildman–Crippen MR) is 95.1 cm³/mol. The van der Waals surface area contributed by atoms with Crippen LogP contribution in [-0.2, 0) is 24.2 Å². The lowest BCUT2D eigenvalue weighted by Gasteiger charge is -2.26. The van der Waals surface area contributed by atoms with Gasteiger partial charge in [-0.05, 0) is 50.5 Å². The molecule has 2 aromatic rings. The summed E-state index contributed by atoms with van der Waals surface area (Å²) in [5.41, 5.74) is 0.135. The number of carbonyl (C=O) groups excluding carboxylic acids is 1. The number of aromatic amines is 1. The quantitative estimate of drug-likeness (QED) is 0.745. The van der Waals surface area contributed by atoms with Crippen molar-refractivity contribution in [3.05, 3.63) is 31.3 Å². The van der Waals surface area contributed by atoms with Crippen molar-refractivity contribution in [2.45, 2.75) is 63.6 Å². The average Bonchev–Trinajstić information content (AvgIpc) is 3.14. The van der Waals surface area contributed by atoms with E-state index in [1.54, 1.807) is 0 Å². The normalized spacial score (nSPS) is 22.9. The van der Waals surface area contributed by atoms with Gasteiger partial charge in [-0.3, -0.25) is 19.1 Å². The van der Waals surface area contributed by atoms with Crippen LogP contribution in [0, 0.1) is 0 Å². The first kappa shape index (κ1) is 16.5. The molecule has 1 amide bonds. The molecular formula is C17H21N3O4S. The van der Waals surface area contributed by atoms with Gasteiger partial charge in [-0.25, -0.2) is 4.79 Å². The van der Waals surface area contributed by atoms with Gasteiger partial charge in [0.15, 0.2) is 0 Å². The molecular weight excluding hydrogens is 342 g/mol. The Morgan fingerprint density at radius 2 is 2.00 bits per heavy atom. The Labute approximate surface area is 147 Å². The molecule has 2 heterocycles. The van der Waals surface area contributed by atoms with Crippen LogP contribution in [0.2, 0.25) is 0 Å². The number of fused-ring (bicyclic) bond motifs is 3. The lowest BCUT2D eigenvalue weighted by Crippen LogP contribution is -2.44. The number of H-pyrrole nitrogens is 1. The van der Waals surface area contributed by atoms with Gasteiger partial charge in [-0.1, -0.05) is 0 Å². The summed E-state index contributed by atoms with van der Waals surface area (Å²) in [7, 11) is 0. The summed E-state index contributed by atoms with van der Waals surface area (Å²) in [6, 6.07) is -0.000176. The van der Waals surface area contributed by atoms with E-state index in [0.29, 0.717) is 23.1 Å². The third-order valence-corrected chi connectivity index (χ3v) is 6.42. The Kier molecular flexibility index (Phi) is 4.24. The molecule has 2 aliphatic rings. The topological polar surface area (TPSA) is 104 Å². The van der Waals surface area contributed by atoms with Gasteiger partial charge in [0.1, 0.15) is 11.4 Å². The zero-order valence-corrected chi connectivity index (χ0v) is 14.7. The SMILES string of the molecule is O=C(Cn1c(=O)[nH]c2sc3c(c2c1=O)CCC3)NC1CCC(O)CC1. The molecule has 3 N–H and O–H groups in total. The number of rotatable bonds is 3. The molecule has 0 bridgehead atoms. The maximum absolute atomic E-state index is 12.8. The van der Waals surface area contributed by atoms with Crippen LogP contribution in [0.15, 0.2) is 9.59 Å². The molecule has 25 heavy (non-hydrogen) atoms. The van der Waals surface area contributed by atoms with E-state index < -0.39 is 5.69 Å². The van der Waals surface area contributed by atoms with Crippen molar-refractivity contribution >= 4 is 27.5 Å². The standard InChI is InChI=1S/C17H21N3O4S/c21-10-6-4-9(5-7-10)18-13(22)8-20-16(23)14-11-2-1-3-12(11)25-15(14)19-17(20)24/h9-10,21H,1-8H2,(H,18,22)(H,19,24). The molecule has 0 spiro atoms. The predicted octanol–water partition coefficient (Wildman–Crippen LogP) is 0.660. The Morgan fingerprint density at radius 3 is 2.76 bits per heavy atom. The first-order valence-electron chi connectivity index (χ1n) is 8.77. The lowest BCUT2D eigenvalue weighted by molar-refractivity contribution is -0.122. The van der Waals surface area contributed by atoms with E-state index in [0.717, 1.165) is 42.2 Å². The molecule has 134 valence electrons. The highest BCUT2D eigenvalue weighted by molar-refractivity contribution is 7.18. The van der Waals surface area contributed by atoms with Gasteiger partial charge >= 0.3 is 5.69 Å². The molecule has 7 nitrogen and oxygen atoms in total. The van der Waals surface area contributed by atoms with Crippen LogP contribution in [0.25, 0.3) is 10.2 Å². The van der Waals surface area contributed by atoms with Crippen LogP contribution in [0.5, 0.6) is 0 Å². The van der Waals surface area contributed by atoms with Crippen molar-refractivity contribution < 1.29 is 9.90 Å². The first-order chi connectivity index (χ1) is 12.0. The zero-order valence-electron chi connectivity index (χ0n) is 13.8. The average molecular weight is 363 g/mol. The van der Waals surface area contributed by atoms with Crippen molar-refractivity contribution in [2.75, 3.05) is 0 Å². The van der Waals surface area contributed by atoms with Crippen molar-refractivity contribution in [3.63, 3.8) is 0 Å². The third kappa shape index (κ3) is 3.04. The summed E-state index contributed by atoms with van der Waals surface area (Å²) in [6.45, 7) is -0.270. The van der Waals surface area contributed by atoms with Crippen molar-refractivity contribution in [1.82, 2.24) is 14.9 Å². The second kappa shape index (κ2) is 6.42. The van der Waals surface area contributed by atoms with Crippen LogP contribution >= 0.6 is 11.3 Å². The van der Waals surface area contributed by atoms with Crippen LogP contribution in [0.4, 0.5) is 0 Å². The second-order valence-electron chi connectivity index (χ2n) is 6.96. The molecule has 0 saturated heterocycles. The van der Waals surface area contributed by atoms with Crippen molar-refractivity contribution in [3.8, 4) is 0 Å². The van der Waals surface area contributed by atoms with Crippen LogP contribution in [0.3, 0.4) is 0 Å². The summed E-state index contributed by atoms with van der Waals surface area (Å²) >= 11 is 1.48. The Bertz CT molecular complexity index is 934. The van der Waals surface area contributed by atoms with Crippen LogP contribution < -0.4 is 16.6 Å². The number of nitrogens with zero attached hydrogens (tertiary/aromatic N) is 1. The van der Waals surface area contributed by atoms with Gasteiger partial charge in [-0.2, -0.15) is 0 Å². The number of aromatic nitrogens is 2. The van der Waals surface area contributed by atoms with Crippen LogP contribution in [0.1, 0.15) is 42.5 Å².